The van der Waals surface area contributed by atoms with Crippen LogP contribution < -0.4 is 5.32 Å². The molecule has 6 nitrogen and oxygen atoms in total. The van der Waals surface area contributed by atoms with Gasteiger partial charge in [0.1, 0.15) is 0 Å². The molecule has 20 heavy (non-hydrogen) atoms. The van der Waals surface area contributed by atoms with E-state index in [0.717, 1.165) is 30.8 Å². The Balaban J connectivity index is 1.73. The van der Waals surface area contributed by atoms with E-state index in [4.69, 9.17) is 0 Å². The lowest BCUT2D eigenvalue weighted by atomic mass is 9.85. The van der Waals surface area contributed by atoms with Crippen molar-refractivity contribution in [3.63, 3.8) is 0 Å². The highest BCUT2D eigenvalue weighted by Gasteiger charge is 2.36. The third-order valence-corrected chi connectivity index (χ3v) is 4.45. The zero-order valence-electron chi connectivity index (χ0n) is 11.9. The number of likely N-dealkylation sites (tertiary alicyclic amines) is 1. The minimum Gasteiger partial charge on any atom is -0.353 e. The summed E-state index contributed by atoms with van der Waals surface area (Å²) in [5, 5.41) is 10.00. The van der Waals surface area contributed by atoms with Crippen molar-refractivity contribution in [2.75, 3.05) is 13.1 Å². The van der Waals surface area contributed by atoms with Gasteiger partial charge in [-0.05, 0) is 32.6 Å². The van der Waals surface area contributed by atoms with E-state index in [2.05, 4.69) is 15.5 Å². The van der Waals surface area contributed by atoms with Crippen molar-refractivity contribution < 1.29 is 9.59 Å². The van der Waals surface area contributed by atoms with Gasteiger partial charge in [-0.3, -0.25) is 14.7 Å². The van der Waals surface area contributed by atoms with Gasteiger partial charge in [-0.15, -0.1) is 0 Å². The Morgan fingerprint density at radius 3 is 2.85 bits per heavy atom. The number of amides is 2. The smallest absolute Gasteiger partial charge is 0.257 e. The van der Waals surface area contributed by atoms with Crippen molar-refractivity contribution in [1.29, 1.82) is 0 Å². The molecule has 0 aliphatic carbocycles. The number of H-pyrrole nitrogens is 1. The van der Waals surface area contributed by atoms with Crippen molar-refractivity contribution in [2.45, 2.75) is 39.2 Å². The van der Waals surface area contributed by atoms with E-state index < -0.39 is 0 Å². The number of carbonyl (C=O) groups is 2. The van der Waals surface area contributed by atoms with Gasteiger partial charge >= 0.3 is 0 Å². The minimum atomic E-state index is 0.0594. The number of aryl methyl sites for hydroxylation is 2. The Labute approximate surface area is 117 Å². The molecule has 0 saturated carbocycles. The molecule has 2 atom stereocenters. The summed E-state index contributed by atoms with van der Waals surface area (Å²) in [6.07, 6.45) is 2.30. The topological polar surface area (TPSA) is 78.1 Å². The first-order valence-corrected chi connectivity index (χ1v) is 7.16. The van der Waals surface area contributed by atoms with Crippen LogP contribution in [-0.4, -0.2) is 46.0 Å². The zero-order chi connectivity index (χ0) is 14.3. The summed E-state index contributed by atoms with van der Waals surface area (Å²) in [5.41, 5.74) is 2.28. The molecule has 0 bridgehead atoms. The summed E-state index contributed by atoms with van der Waals surface area (Å²) in [7, 11) is 0. The van der Waals surface area contributed by atoms with Crippen LogP contribution in [0.25, 0.3) is 0 Å². The molecule has 2 unspecified atom stereocenters. The van der Waals surface area contributed by atoms with Crippen LogP contribution in [0.1, 0.15) is 41.0 Å². The molecule has 0 aromatic carbocycles. The van der Waals surface area contributed by atoms with Crippen LogP contribution in [0.4, 0.5) is 0 Å². The Hall–Kier alpha value is -1.85. The Kier molecular flexibility index (Phi) is 3.23. The Morgan fingerprint density at radius 1 is 1.35 bits per heavy atom. The van der Waals surface area contributed by atoms with Crippen molar-refractivity contribution in [3.05, 3.63) is 17.0 Å². The number of piperidine rings is 2. The van der Waals surface area contributed by atoms with Crippen LogP contribution in [0.3, 0.4) is 0 Å². The second-order valence-electron chi connectivity index (χ2n) is 5.82. The lowest BCUT2D eigenvalue weighted by Gasteiger charge is -2.41. The highest BCUT2D eigenvalue weighted by Crippen LogP contribution is 2.27. The summed E-state index contributed by atoms with van der Waals surface area (Å²) >= 11 is 0. The molecule has 6 heteroatoms. The number of fused-ring (bicyclic) bond motifs is 1. The Morgan fingerprint density at radius 2 is 2.15 bits per heavy atom. The third kappa shape index (κ3) is 2.19. The number of rotatable bonds is 1. The molecule has 2 saturated heterocycles. The van der Waals surface area contributed by atoms with Gasteiger partial charge in [-0.25, -0.2) is 0 Å². The monoisotopic (exact) mass is 276 g/mol. The van der Waals surface area contributed by atoms with Gasteiger partial charge in [-0.1, -0.05) is 0 Å². The van der Waals surface area contributed by atoms with Crippen LogP contribution in [-0.2, 0) is 4.79 Å². The number of hydrogen-bond acceptors (Lipinski definition) is 3. The van der Waals surface area contributed by atoms with Gasteiger partial charge in [-0.2, -0.15) is 5.10 Å². The van der Waals surface area contributed by atoms with E-state index in [1.165, 1.54) is 0 Å². The molecule has 2 N–H and O–H groups in total. The number of hydrogen-bond donors (Lipinski definition) is 2. The first-order chi connectivity index (χ1) is 9.56. The fourth-order valence-corrected chi connectivity index (χ4v) is 3.32. The number of aromatic nitrogens is 2. The summed E-state index contributed by atoms with van der Waals surface area (Å²) in [6.45, 7) is 5.16. The summed E-state index contributed by atoms with van der Waals surface area (Å²) in [4.78, 5) is 25.9. The van der Waals surface area contributed by atoms with Crippen LogP contribution >= 0.6 is 0 Å². The number of nitrogens with one attached hydrogen (secondary N) is 2. The molecule has 1 aromatic heterocycles. The van der Waals surface area contributed by atoms with Crippen molar-refractivity contribution in [3.8, 4) is 0 Å². The van der Waals surface area contributed by atoms with Gasteiger partial charge in [0.2, 0.25) is 5.91 Å². The highest BCUT2D eigenvalue weighted by atomic mass is 16.2. The van der Waals surface area contributed by atoms with E-state index in [1.807, 2.05) is 18.7 Å². The standard InChI is InChI=1S/C14H20N4O2/c1-8-13(9(2)17-16-8)14(20)18-6-5-11-10(7-18)3-4-12(19)15-11/h10-11H,3-7H2,1-2H3,(H,15,19)(H,16,17). The van der Waals surface area contributed by atoms with Crippen molar-refractivity contribution in [1.82, 2.24) is 20.4 Å². The lowest BCUT2D eigenvalue weighted by Crippen LogP contribution is -2.55. The second-order valence-corrected chi connectivity index (χ2v) is 5.82. The van der Waals surface area contributed by atoms with E-state index in [-0.39, 0.29) is 17.9 Å². The highest BCUT2D eigenvalue weighted by molar-refractivity contribution is 5.96. The Bertz CT molecular complexity index is 532. The fourth-order valence-electron chi connectivity index (χ4n) is 3.32. The molecule has 2 fully saturated rings. The molecule has 108 valence electrons. The van der Waals surface area contributed by atoms with E-state index in [0.29, 0.717) is 24.4 Å². The number of carbonyl (C=O) groups excluding carboxylic acids is 2. The molecule has 0 spiro atoms. The normalized spacial score (nSPS) is 26.1. The third-order valence-electron chi connectivity index (χ3n) is 4.45. The van der Waals surface area contributed by atoms with Crippen LogP contribution in [0.15, 0.2) is 0 Å². The molecule has 3 heterocycles. The second kappa shape index (κ2) is 4.92. The average Bonchev–Trinajstić information content (AvgIpc) is 2.77. The van der Waals surface area contributed by atoms with Gasteiger partial charge in [0, 0.05) is 31.2 Å². The number of aromatic amines is 1. The summed E-state index contributed by atoms with van der Waals surface area (Å²) < 4.78 is 0. The van der Waals surface area contributed by atoms with Gasteiger partial charge < -0.3 is 10.2 Å². The molecule has 2 aliphatic heterocycles. The maximum atomic E-state index is 12.6. The van der Waals surface area contributed by atoms with Gasteiger partial charge in [0.25, 0.3) is 5.91 Å². The van der Waals surface area contributed by atoms with Crippen molar-refractivity contribution in [2.24, 2.45) is 5.92 Å². The maximum Gasteiger partial charge on any atom is 0.257 e. The van der Waals surface area contributed by atoms with Crippen LogP contribution in [0.2, 0.25) is 0 Å². The average molecular weight is 276 g/mol. The molecule has 0 radical (unpaired) electrons. The first-order valence-electron chi connectivity index (χ1n) is 7.16. The van der Waals surface area contributed by atoms with E-state index in [9.17, 15) is 9.59 Å². The largest absolute Gasteiger partial charge is 0.353 e. The predicted octanol–water partition coefficient (Wildman–Crippen LogP) is 0.767. The van der Waals surface area contributed by atoms with E-state index in [1.54, 1.807) is 0 Å². The first kappa shape index (κ1) is 13.1. The summed E-state index contributed by atoms with van der Waals surface area (Å²) in [6, 6.07) is 0.242. The molecule has 3 rings (SSSR count). The molecule has 1 aromatic rings. The SMILES string of the molecule is Cc1n[nH]c(C)c1C(=O)N1CCC2NC(=O)CCC2C1. The summed E-state index contributed by atoms with van der Waals surface area (Å²) in [5.74, 6) is 0.592. The quantitative estimate of drug-likeness (QED) is 0.795. The van der Waals surface area contributed by atoms with Crippen LogP contribution in [0, 0.1) is 19.8 Å². The predicted molar refractivity (Wildman–Crippen MR) is 73.2 cm³/mol. The molecule has 2 amide bonds. The van der Waals surface area contributed by atoms with Crippen molar-refractivity contribution >= 4 is 11.8 Å². The number of nitrogens with zero attached hydrogens (tertiary/aromatic N) is 2. The molecular formula is C14H20N4O2. The molecular weight excluding hydrogens is 256 g/mol. The van der Waals surface area contributed by atoms with Gasteiger partial charge in [0.05, 0.1) is 11.3 Å². The minimum absolute atomic E-state index is 0.0594. The van der Waals surface area contributed by atoms with E-state index >= 15 is 0 Å². The van der Waals surface area contributed by atoms with Crippen LogP contribution in [0.5, 0.6) is 0 Å². The lowest BCUT2D eigenvalue weighted by molar-refractivity contribution is -0.125. The fraction of sp³-hybridized carbons (Fsp3) is 0.643. The zero-order valence-corrected chi connectivity index (χ0v) is 11.9. The maximum absolute atomic E-state index is 12.6. The molecule has 2 aliphatic rings. The van der Waals surface area contributed by atoms with Gasteiger partial charge in [0.15, 0.2) is 0 Å².